The van der Waals surface area contributed by atoms with Gasteiger partial charge in [-0.3, -0.25) is 9.59 Å². The lowest BCUT2D eigenvalue weighted by Gasteiger charge is -2.12. The lowest BCUT2D eigenvalue weighted by molar-refractivity contribution is -0.149. The third-order valence-corrected chi connectivity index (χ3v) is 3.43. The van der Waals surface area contributed by atoms with E-state index < -0.39 is 36.2 Å². The second-order valence-electron chi connectivity index (χ2n) is 5.61. The molecule has 0 saturated heterocycles. The van der Waals surface area contributed by atoms with Crippen LogP contribution >= 0.6 is 0 Å². The first-order valence-corrected chi connectivity index (χ1v) is 8.20. The number of anilines is 1. The number of para-hydroxylation sites is 1. The van der Waals surface area contributed by atoms with Gasteiger partial charge in [-0.2, -0.15) is 0 Å². The van der Waals surface area contributed by atoms with Crippen molar-refractivity contribution in [3.8, 4) is 0 Å². The first-order chi connectivity index (χ1) is 13.0. The Morgan fingerprint density at radius 2 is 1.74 bits per heavy atom. The van der Waals surface area contributed by atoms with E-state index >= 15 is 0 Å². The number of hydrogen-bond acceptors (Lipinski definition) is 4. The fraction of sp³-hybridized carbons (Fsp3) is 0.150. The fourth-order valence-corrected chi connectivity index (χ4v) is 2.07. The highest BCUT2D eigenvalue weighted by Gasteiger charge is 2.17. The Bertz CT molecular complexity index is 837. The largest absolute Gasteiger partial charge is 0.454 e. The quantitative estimate of drug-likeness (QED) is 0.579. The summed E-state index contributed by atoms with van der Waals surface area (Å²) in [5.74, 6) is -2.53. The van der Waals surface area contributed by atoms with Crippen LogP contribution in [0.3, 0.4) is 0 Å². The van der Waals surface area contributed by atoms with Gasteiger partial charge in [0.25, 0.3) is 5.91 Å². The molecule has 2 aromatic carbocycles. The van der Waals surface area contributed by atoms with Crippen molar-refractivity contribution in [3.05, 3.63) is 72.1 Å². The van der Waals surface area contributed by atoms with Gasteiger partial charge in [-0.25, -0.2) is 9.18 Å². The van der Waals surface area contributed by atoms with E-state index in [9.17, 15) is 18.8 Å². The second-order valence-corrected chi connectivity index (χ2v) is 5.61. The predicted octanol–water partition coefficient (Wildman–Crippen LogP) is 2.53. The summed E-state index contributed by atoms with van der Waals surface area (Å²) in [6.07, 6.45) is 2.90. The van der Waals surface area contributed by atoms with Crippen LogP contribution in [0.4, 0.5) is 10.1 Å². The van der Waals surface area contributed by atoms with Crippen LogP contribution in [-0.2, 0) is 19.1 Å². The number of amides is 2. The number of halogens is 1. The van der Waals surface area contributed by atoms with Gasteiger partial charge in [0, 0.05) is 6.08 Å². The monoisotopic (exact) mass is 370 g/mol. The van der Waals surface area contributed by atoms with Crippen molar-refractivity contribution in [2.75, 3.05) is 11.9 Å². The zero-order valence-electron chi connectivity index (χ0n) is 14.6. The van der Waals surface area contributed by atoms with Crippen LogP contribution in [0.25, 0.3) is 6.08 Å². The van der Waals surface area contributed by atoms with Gasteiger partial charge in [0.15, 0.2) is 6.61 Å². The molecular weight excluding hydrogens is 351 g/mol. The predicted molar refractivity (Wildman–Crippen MR) is 99.1 cm³/mol. The third-order valence-electron chi connectivity index (χ3n) is 3.43. The topological polar surface area (TPSA) is 84.5 Å². The molecule has 0 aliphatic carbocycles. The van der Waals surface area contributed by atoms with Crippen molar-refractivity contribution >= 4 is 29.5 Å². The van der Waals surface area contributed by atoms with Crippen LogP contribution in [-0.4, -0.2) is 30.4 Å². The molecule has 0 bridgehead atoms. The number of benzene rings is 2. The van der Waals surface area contributed by atoms with Gasteiger partial charge in [-0.1, -0.05) is 42.5 Å². The lowest BCUT2D eigenvalue weighted by atomic mass is 10.2. The Morgan fingerprint density at radius 3 is 2.44 bits per heavy atom. The zero-order chi connectivity index (χ0) is 19.6. The van der Waals surface area contributed by atoms with Gasteiger partial charge in [0.2, 0.25) is 5.91 Å². The van der Waals surface area contributed by atoms with E-state index in [4.69, 9.17) is 4.74 Å². The van der Waals surface area contributed by atoms with Crippen molar-refractivity contribution < 1.29 is 23.5 Å². The Hall–Kier alpha value is -3.48. The highest BCUT2D eigenvalue weighted by Crippen LogP contribution is 2.11. The molecule has 0 aliphatic rings. The van der Waals surface area contributed by atoms with Gasteiger partial charge in [-0.05, 0) is 30.7 Å². The van der Waals surface area contributed by atoms with Gasteiger partial charge >= 0.3 is 5.97 Å². The Balaban J connectivity index is 1.76. The fourth-order valence-electron chi connectivity index (χ4n) is 2.07. The van der Waals surface area contributed by atoms with E-state index in [2.05, 4.69) is 10.6 Å². The molecule has 2 rings (SSSR count). The molecule has 0 aromatic heterocycles. The number of carbonyl (C=O) groups excluding carboxylic acids is 3. The van der Waals surface area contributed by atoms with E-state index in [1.54, 1.807) is 12.1 Å². The van der Waals surface area contributed by atoms with Crippen LogP contribution in [0, 0.1) is 5.82 Å². The first-order valence-electron chi connectivity index (χ1n) is 8.20. The van der Waals surface area contributed by atoms with Crippen molar-refractivity contribution in [1.29, 1.82) is 0 Å². The average molecular weight is 370 g/mol. The Labute approximate surface area is 156 Å². The van der Waals surface area contributed by atoms with Gasteiger partial charge < -0.3 is 15.4 Å². The number of rotatable bonds is 7. The number of esters is 1. The molecule has 2 aromatic rings. The highest BCUT2D eigenvalue weighted by atomic mass is 19.1. The molecule has 2 N–H and O–H groups in total. The molecule has 0 unspecified atom stereocenters. The Kier molecular flexibility index (Phi) is 7.25. The van der Waals surface area contributed by atoms with Gasteiger partial charge in [-0.15, -0.1) is 0 Å². The van der Waals surface area contributed by atoms with E-state index in [1.807, 2.05) is 30.3 Å². The van der Waals surface area contributed by atoms with E-state index in [1.165, 1.54) is 31.2 Å². The SMILES string of the molecule is C[C@H](NC(=O)/C=C/c1ccccc1)C(=O)OCC(=O)Nc1ccccc1F. The maximum absolute atomic E-state index is 13.4. The summed E-state index contributed by atoms with van der Waals surface area (Å²) in [4.78, 5) is 35.4. The van der Waals surface area contributed by atoms with Crippen molar-refractivity contribution in [3.63, 3.8) is 0 Å². The van der Waals surface area contributed by atoms with Crippen LogP contribution < -0.4 is 10.6 Å². The van der Waals surface area contributed by atoms with Gasteiger partial charge in [0.05, 0.1) is 5.69 Å². The molecule has 140 valence electrons. The maximum atomic E-state index is 13.4. The molecule has 0 aliphatic heterocycles. The van der Waals surface area contributed by atoms with Crippen LogP contribution in [0.15, 0.2) is 60.7 Å². The number of carbonyl (C=O) groups is 3. The molecule has 0 radical (unpaired) electrons. The minimum atomic E-state index is -0.945. The normalized spacial score (nSPS) is 11.6. The van der Waals surface area contributed by atoms with Gasteiger partial charge in [0.1, 0.15) is 11.9 Å². The van der Waals surface area contributed by atoms with E-state index in [-0.39, 0.29) is 5.69 Å². The summed E-state index contributed by atoms with van der Waals surface area (Å²) < 4.78 is 18.3. The molecule has 27 heavy (non-hydrogen) atoms. The summed E-state index contributed by atoms with van der Waals surface area (Å²) in [6.45, 7) is 0.846. The molecule has 0 heterocycles. The molecule has 7 heteroatoms. The maximum Gasteiger partial charge on any atom is 0.328 e. The smallest absolute Gasteiger partial charge is 0.328 e. The molecule has 0 spiro atoms. The first kappa shape index (κ1) is 19.8. The summed E-state index contributed by atoms with van der Waals surface area (Å²) in [7, 11) is 0. The van der Waals surface area contributed by atoms with Crippen molar-refractivity contribution in [2.24, 2.45) is 0 Å². The van der Waals surface area contributed by atoms with E-state index in [0.717, 1.165) is 5.56 Å². The molecule has 0 fully saturated rings. The summed E-state index contributed by atoms with van der Waals surface area (Å²) in [5.41, 5.74) is 0.832. The number of hydrogen-bond donors (Lipinski definition) is 2. The third kappa shape index (κ3) is 6.74. The number of nitrogens with one attached hydrogen (secondary N) is 2. The molecule has 1 atom stereocenters. The van der Waals surface area contributed by atoms with Crippen molar-refractivity contribution in [1.82, 2.24) is 5.32 Å². The number of ether oxygens (including phenoxy) is 1. The Morgan fingerprint density at radius 1 is 1.07 bits per heavy atom. The minimum Gasteiger partial charge on any atom is -0.454 e. The molecule has 0 saturated carbocycles. The highest BCUT2D eigenvalue weighted by molar-refractivity contribution is 5.96. The molecule has 2 amide bonds. The van der Waals surface area contributed by atoms with Crippen LogP contribution in [0.5, 0.6) is 0 Å². The summed E-state index contributed by atoms with van der Waals surface area (Å²) >= 11 is 0. The molecule has 6 nitrogen and oxygen atoms in total. The van der Waals surface area contributed by atoms with Crippen molar-refractivity contribution in [2.45, 2.75) is 13.0 Å². The molecular formula is C20H19FN2O4. The minimum absolute atomic E-state index is 0.00838. The lowest BCUT2D eigenvalue weighted by Crippen LogP contribution is -2.39. The second kappa shape index (κ2) is 9.86. The standard InChI is InChI=1S/C20H19FN2O4/c1-14(22-18(24)12-11-15-7-3-2-4-8-15)20(26)27-13-19(25)23-17-10-6-5-9-16(17)21/h2-12,14H,13H2,1H3,(H,22,24)(H,23,25)/b12-11+/t14-/m0/s1. The van der Waals surface area contributed by atoms with Crippen LogP contribution in [0.1, 0.15) is 12.5 Å². The van der Waals surface area contributed by atoms with E-state index in [0.29, 0.717) is 0 Å². The average Bonchev–Trinajstić information content (AvgIpc) is 2.67. The zero-order valence-corrected chi connectivity index (χ0v) is 14.6. The summed E-state index contributed by atoms with van der Waals surface area (Å²) in [5, 5.41) is 4.73. The van der Waals surface area contributed by atoms with Crippen LogP contribution in [0.2, 0.25) is 0 Å². The summed E-state index contributed by atoms with van der Waals surface area (Å²) in [6, 6.07) is 13.9.